The highest BCUT2D eigenvalue weighted by atomic mass is 16.5. The number of carbonyl (C=O) groups excluding carboxylic acids is 1. The Morgan fingerprint density at radius 3 is 2.31 bits per heavy atom. The number of hydrogen-bond donors (Lipinski definition) is 3. The lowest BCUT2D eigenvalue weighted by Crippen LogP contribution is -2.29. The Morgan fingerprint density at radius 1 is 0.875 bits per heavy atom. The summed E-state index contributed by atoms with van der Waals surface area (Å²) in [5, 5.41) is 9.24. The minimum absolute atomic E-state index is 0.209. The predicted octanol–water partition coefficient (Wildman–Crippen LogP) is 3.40. The molecule has 0 fully saturated rings. The Balaban J connectivity index is 1.53. The highest BCUT2D eigenvalue weighted by molar-refractivity contribution is 5.94. The highest BCUT2D eigenvalue weighted by Gasteiger charge is 2.10. The third-order valence-corrected chi connectivity index (χ3v) is 4.56. The van der Waals surface area contributed by atoms with Gasteiger partial charge in [0, 0.05) is 36.1 Å². The smallest absolute Gasteiger partial charge is 0.251 e. The van der Waals surface area contributed by atoms with Gasteiger partial charge in [0.2, 0.25) is 5.95 Å². The Labute approximate surface area is 187 Å². The second kappa shape index (κ2) is 10.9. The van der Waals surface area contributed by atoms with Crippen molar-refractivity contribution in [2.45, 2.75) is 6.92 Å². The quantitative estimate of drug-likeness (QED) is 0.415. The largest absolute Gasteiger partial charge is 0.497 e. The molecule has 9 heteroatoms. The zero-order valence-corrected chi connectivity index (χ0v) is 18.6. The SMILES string of the molecule is COc1ccc(Nc2cc(C)nc(NCCNC(=O)c3ccc(OC)c(OC)c3)n2)cc1. The van der Waals surface area contributed by atoms with Crippen LogP contribution in [0.3, 0.4) is 0 Å². The molecule has 0 radical (unpaired) electrons. The highest BCUT2D eigenvalue weighted by Crippen LogP contribution is 2.27. The molecule has 3 aromatic rings. The lowest BCUT2D eigenvalue weighted by Gasteiger charge is -2.12. The first-order valence-electron chi connectivity index (χ1n) is 10.0. The molecular formula is C23H27N5O4. The molecule has 3 rings (SSSR count). The number of rotatable bonds is 10. The molecule has 0 aliphatic rings. The summed E-state index contributed by atoms with van der Waals surface area (Å²) in [6.45, 7) is 2.75. The number of hydrogen-bond acceptors (Lipinski definition) is 8. The van der Waals surface area contributed by atoms with E-state index in [0.29, 0.717) is 41.9 Å². The van der Waals surface area contributed by atoms with Crippen molar-refractivity contribution in [1.82, 2.24) is 15.3 Å². The number of nitrogens with one attached hydrogen (secondary N) is 3. The second-order valence-electron chi connectivity index (χ2n) is 6.82. The number of carbonyl (C=O) groups is 1. The van der Waals surface area contributed by atoms with Gasteiger partial charge in [-0.15, -0.1) is 0 Å². The Hall–Kier alpha value is -4.01. The fourth-order valence-electron chi connectivity index (χ4n) is 2.96. The molecule has 2 aromatic carbocycles. The molecule has 0 bridgehead atoms. The van der Waals surface area contributed by atoms with Crippen LogP contribution in [0, 0.1) is 6.92 Å². The van der Waals surface area contributed by atoms with Crippen LogP contribution in [-0.4, -0.2) is 50.3 Å². The fourth-order valence-corrected chi connectivity index (χ4v) is 2.96. The first kappa shape index (κ1) is 22.7. The van der Waals surface area contributed by atoms with Crippen LogP contribution in [0.2, 0.25) is 0 Å². The van der Waals surface area contributed by atoms with Gasteiger partial charge >= 0.3 is 0 Å². The molecule has 0 aliphatic carbocycles. The molecule has 0 saturated heterocycles. The summed E-state index contributed by atoms with van der Waals surface area (Å²) in [7, 11) is 4.71. The number of amides is 1. The molecule has 1 amide bonds. The average Bonchev–Trinajstić information content (AvgIpc) is 2.81. The predicted molar refractivity (Wildman–Crippen MR) is 123 cm³/mol. The Bertz CT molecular complexity index is 1060. The van der Waals surface area contributed by atoms with Crippen LogP contribution in [-0.2, 0) is 0 Å². The van der Waals surface area contributed by atoms with Crippen LogP contribution in [0.15, 0.2) is 48.5 Å². The molecule has 0 aliphatic heterocycles. The summed E-state index contributed by atoms with van der Waals surface area (Å²) < 4.78 is 15.6. The maximum Gasteiger partial charge on any atom is 0.251 e. The van der Waals surface area contributed by atoms with Gasteiger partial charge in [0.25, 0.3) is 5.91 Å². The van der Waals surface area contributed by atoms with Gasteiger partial charge in [0.05, 0.1) is 21.3 Å². The van der Waals surface area contributed by atoms with E-state index in [1.54, 1.807) is 32.4 Å². The molecule has 9 nitrogen and oxygen atoms in total. The molecule has 0 saturated carbocycles. The third kappa shape index (κ3) is 6.00. The summed E-state index contributed by atoms with van der Waals surface area (Å²) in [6, 6.07) is 14.4. The van der Waals surface area contributed by atoms with Crippen molar-refractivity contribution in [3.63, 3.8) is 0 Å². The van der Waals surface area contributed by atoms with E-state index in [2.05, 4.69) is 25.9 Å². The zero-order valence-electron chi connectivity index (χ0n) is 18.6. The number of methoxy groups -OCH3 is 3. The minimum Gasteiger partial charge on any atom is -0.497 e. The van der Waals surface area contributed by atoms with Crippen LogP contribution in [0.1, 0.15) is 16.1 Å². The van der Waals surface area contributed by atoms with Crippen molar-refractivity contribution < 1.29 is 19.0 Å². The standard InChI is InChI=1S/C23H27N5O4/c1-15-13-21(27-17-6-8-18(30-2)9-7-17)28-23(26-15)25-12-11-24-22(29)16-5-10-19(31-3)20(14-16)32-4/h5-10,13-14H,11-12H2,1-4H3,(H,24,29)(H2,25,26,27,28). The van der Waals surface area contributed by atoms with Gasteiger partial charge in [0.1, 0.15) is 11.6 Å². The normalized spacial score (nSPS) is 10.2. The Kier molecular flexibility index (Phi) is 7.69. The van der Waals surface area contributed by atoms with E-state index in [-0.39, 0.29) is 5.91 Å². The fraction of sp³-hybridized carbons (Fsp3) is 0.261. The molecule has 3 N–H and O–H groups in total. The van der Waals surface area contributed by atoms with Crippen molar-refractivity contribution in [2.24, 2.45) is 0 Å². The van der Waals surface area contributed by atoms with Crippen molar-refractivity contribution in [3.8, 4) is 17.2 Å². The Morgan fingerprint density at radius 2 is 1.62 bits per heavy atom. The molecule has 0 atom stereocenters. The monoisotopic (exact) mass is 437 g/mol. The van der Waals surface area contributed by atoms with Crippen LogP contribution >= 0.6 is 0 Å². The van der Waals surface area contributed by atoms with Gasteiger partial charge in [-0.05, 0) is 49.4 Å². The lowest BCUT2D eigenvalue weighted by molar-refractivity contribution is 0.0954. The van der Waals surface area contributed by atoms with E-state index >= 15 is 0 Å². The number of aryl methyl sites for hydroxylation is 1. The van der Waals surface area contributed by atoms with Gasteiger partial charge in [-0.2, -0.15) is 4.98 Å². The summed E-state index contributed by atoms with van der Waals surface area (Å²) in [6.07, 6.45) is 0. The summed E-state index contributed by atoms with van der Waals surface area (Å²) in [5.41, 5.74) is 2.19. The number of aromatic nitrogens is 2. The molecule has 32 heavy (non-hydrogen) atoms. The van der Waals surface area contributed by atoms with Gasteiger partial charge in [-0.1, -0.05) is 0 Å². The van der Waals surface area contributed by atoms with Crippen LogP contribution in [0.5, 0.6) is 17.2 Å². The third-order valence-electron chi connectivity index (χ3n) is 4.56. The van der Waals surface area contributed by atoms with Crippen molar-refractivity contribution in [2.75, 3.05) is 45.1 Å². The molecule has 1 heterocycles. The average molecular weight is 438 g/mol. The summed E-state index contributed by atoms with van der Waals surface area (Å²) in [4.78, 5) is 21.3. The first-order chi connectivity index (χ1) is 15.5. The number of ether oxygens (including phenoxy) is 3. The molecular weight excluding hydrogens is 410 g/mol. The van der Waals surface area contributed by atoms with Crippen LogP contribution < -0.4 is 30.2 Å². The van der Waals surface area contributed by atoms with E-state index in [1.165, 1.54) is 7.11 Å². The van der Waals surface area contributed by atoms with Gasteiger partial charge in [0.15, 0.2) is 11.5 Å². The van der Waals surface area contributed by atoms with E-state index in [0.717, 1.165) is 17.1 Å². The topological polar surface area (TPSA) is 107 Å². The molecule has 1 aromatic heterocycles. The number of benzene rings is 2. The first-order valence-corrected chi connectivity index (χ1v) is 10.0. The second-order valence-corrected chi connectivity index (χ2v) is 6.82. The summed E-state index contributed by atoms with van der Waals surface area (Å²) in [5.74, 6) is 2.79. The van der Waals surface area contributed by atoms with Crippen molar-refractivity contribution in [1.29, 1.82) is 0 Å². The van der Waals surface area contributed by atoms with E-state index in [9.17, 15) is 4.79 Å². The zero-order chi connectivity index (χ0) is 22.9. The maximum absolute atomic E-state index is 12.4. The lowest BCUT2D eigenvalue weighted by atomic mass is 10.2. The van der Waals surface area contributed by atoms with E-state index < -0.39 is 0 Å². The minimum atomic E-state index is -0.209. The van der Waals surface area contributed by atoms with Crippen LogP contribution in [0.25, 0.3) is 0 Å². The number of anilines is 3. The molecule has 0 spiro atoms. The maximum atomic E-state index is 12.4. The molecule has 0 unspecified atom stereocenters. The molecule has 168 valence electrons. The van der Waals surface area contributed by atoms with Gasteiger partial charge < -0.3 is 30.2 Å². The van der Waals surface area contributed by atoms with Crippen molar-refractivity contribution in [3.05, 3.63) is 59.8 Å². The summed E-state index contributed by atoms with van der Waals surface area (Å²) >= 11 is 0. The number of nitrogens with zero attached hydrogens (tertiary/aromatic N) is 2. The van der Waals surface area contributed by atoms with Crippen LogP contribution in [0.4, 0.5) is 17.5 Å². The van der Waals surface area contributed by atoms with Gasteiger partial charge in [-0.3, -0.25) is 4.79 Å². The van der Waals surface area contributed by atoms with E-state index in [4.69, 9.17) is 14.2 Å². The van der Waals surface area contributed by atoms with E-state index in [1.807, 2.05) is 37.3 Å². The van der Waals surface area contributed by atoms with Crippen molar-refractivity contribution >= 4 is 23.4 Å². The van der Waals surface area contributed by atoms with Gasteiger partial charge in [-0.25, -0.2) is 4.98 Å².